The lowest BCUT2D eigenvalue weighted by Crippen LogP contribution is -2.56. The van der Waals surface area contributed by atoms with Gasteiger partial charge in [-0.3, -0.25) is 14.2 Å². The molecule has 0 saturated carbocycles. The fraction of sp³-hybridized carbons (Fsp3) is 0.333. The number of furan rings is 1. The molecule has 1 fully saturated rings. The summed E-state index contributed by atoms with van der Waals surface area (Å²) in [6.45, 7) is 7.66. The standard InChI is InChI=1S/C30H33N5O3S/c1-4-25(23-9-6-5-7-10-23)29(37)34-17-16-33(19-22(34)3)27(36)20-39-30-32-31-28(26-11-8-18-38-26)35(30)24-14-12-21(2)13-15-24/h5-15,18,22,25H,4,16-17,19-20H2,1-3H3. The van der Waals surface area contributed by atoms with Crippen LogP contribution in [-0.2, 0) is 9.59 Å². The third-order valence-corrected chi connectivity index (χ3v) is 8.08. The number of carbonyl (C=O) groups is 2. The van der Waals surface area contributed by atoms with Crippen LogP contribution in [0.3, 0.4) is 0 Å². The number of hydrogen-bond acceptors (Lipinski definition) is 6. The first-order valence-corrected chi connectivity index (χ1v) is 14.3. The maximum atomic E-state index is 13.4. The molecular formula is C30H33N5O3S. The van der Waals surface area contributed by atoms with Crippen molar-refractivity contribution in [3.63, 3.8) is 0 Å². The maximum Gasteiger partial charge on any atom is 0.233 e. The number of amides is 2. The van der Waals surface area contributed by atoms with E-state index >= 15 is 0 Å². The molecule has 2 amide bonds. The maximum absolute atomic E-state index is 13.4. The van der Waals surface area contributed by atoms with Crippen molar-refractivity contribution < 1.29 is 14.0 Å². The first kappa shape index (κ1) is 26.7. The van der Waals surface area contributed by atoms with Crippen molar-refractivity contribution in [1.29, 1.82) is 0 Å². The number of piperazine rings is 1. The third kappa shape index (κ3) is 5.78. The van der Waals surface area contributed by atoms with E-state index in [-0.39, 0.29) is 29.5 Å². The van der Waals surface area contributed by atoms with Gasteiger partial charge in [0.25, 0.3) is 0 Å². The number of benzene rings is 2. The van der Waals surface area contributed by atoms with Gasteiger partial charge in [-0.05, 0) is 50.1 Å². The molecule has 0 N–H and O–H groups in total. The highest BCUT2D eigenvalue weighted by Crippen LogP contribution is 2.29. The fourth-order valence-corrected chi connectivity index (χ4v) is 5.88. The lowest BCUT2D eigenvalue weighted by molar-refractivity contribution is -0.142. The summed E-state index contributed by atoms with van der Waals surface area (Å²) in [6.07, 6.45) is 2.35. The Morgan fingerprint density at radius 3 is 2.46 bits per heavy atom. The second-order valence-electron chi connectivity index (χ2n) is 9.84. The summed E-state index contributed by atoms with van der Waals surface area (Å²) in [6, 6.07) is 21.6. The molecule has 2 aromatic carbocycles. The number of nitrogens with zero attached hydrogens (tertiary/aromatic N) is 5. The van der Waals surface area contributed by atoms with E-state index in [1.165, 1.54) is 11.8 Å². The Morgan fingerprint density at radius 2 is 1.79 bits per heavy atom. The fourth-order valence-electron chi connectivity index (χ4n) is 5.02. The summed E-state index contributed by atoms with van der Waals surface area (Å²) in [5.41, 5.74) is 3.09. The van der Waals surface area contributed by atoms with Crippen molar-refractivity contribution in [2.75, 3.05) is 25.4 Å². The SMILES string of the molecule is CCC(C(=O)N1CCN(C(=O)CSc2nnc(-c3ccco3)n2-c2ccc(C)cc2)CC1C)c1ccccc1. The largest absolute Gasteiger partial charge is 0.461 e. The third-order valence-electron chi connectivity index (χ3n) is 7.16. The molecule has 1 saturated heterocycles. The molecule has 1 aliphatic rings. The lowest BCUT2D eigenvalue weighted by Gasteiger charge is -2.41. The van der Waals surface area contributed by atoms with Crippen molar-refractivity contribution in [1.82, 2.24) is 24.6 Å². The zero-order chi connectivity index (χ0) is 27.4. The second-order valence-corrected chi connectivity index (χ2v) is 10.8. The van der Waals surface area contributed by atoms with E-state index in [9.17, 15) is 9.59 Å². The zero-order valence-corrected chi connectivity index (χ0v) is 23.3. The van der Waals surface area contributed by atoms with E-state index in [0.29, 0.717) is 36.4 Å². The summed E-state index contributed by atoms with van der Waals surface area (Å²) >= 11 is 1.36. The number of carbonyl (C=O) groups excluding carboxylic acids is 2. The van der Waals surface area contributed by atoms with Crippen molar-refractivity contribution in [2.24, 2.45) is 0 Å². The Bertz CT molecular complexity index is 1400. The van der Waals surface area contributed by atoms with Crippen molar-refractivity contribution in [2.45, 2.75) is 44.3 Å². The van der Waals surface area contributed by atoms with Crippen LogP contribution in [0.25, 0.3) is 17.3 Å². The molecule has 39 heavy (non-hydrogen) atoms. The van der Waals surface area contributed by atoms with Crippen molar-refractivity contribution in [3.8, 4) is 17.3 Å². The van der Waals surface area contributed by atoms with Crippen LogP contribution in [0, 0.1) is 6.92 Å². The minimum atomic E-state index is -0.164. The molecule has 1 aliphatic heterocycles. The minimum Gasteiger partial charge on any atom is -0.461 e. The van der Waals surface area contributed by atoms with Gasteiger partial charge in [0, 0.05) is 31.4 Å². The highest BCUT2D eigenvalue weighted by Gasteiger charge is 2.33. The van der Waals surface area contributed by atoms with Gasteiger partial charge in [0.05, 0.1) is 17.9 Å². The van der Waals surface area contributed by atoms with Gasteiger partial charge >= 0.3 is 0 Å². The minimum absolute atomic E-state index is 0.0204. The van der Waals surface area contributed by atoms with Crippen LogP contribution in [0.15, 0.2) is 82.6 Å². The van der Waals surface area contributed by atoms with Gasteiger partial charge < -0.3 is 14.2 Å². The van der Waals surface area contributed by atoms with Gasteiger partial charge in [-0.1, -0.05) is 66.7 Å². The molecule has 2 atom stereocenters. The Kier molecular flexibility index (Phi) is 8.16. The van der Waals surface area contributed by atoms with Gasteiger partial charge in [0.2, 0.25) is 17.6 Å². The molecule has 9 heteroatoms. The van der Waals surface area contributed by atoms with Gasteiger partial charge in [0.1, 0.15) is 0 Å². The van der Waals surface area contributed by atoms with Gasteiger partial charge in [-0.2, -0.15) is 0 Å². The molecule has 3 heterocycles. The molecule has 4 aromatic rings. The number of rotatable bonds is 8. The summed E-state index contributed by atoms with van der Waals surface area (Å²) in [7, 11) is 0. The molecule has 2 unspecified atom stereocenters. The monoisotopic (exact) mass is 543 g/mol. The normalized spacial score (nSPS) is 16.3. The molecule has 0 bridgehead atoms. The Morgan fingerprint density at radius 1 is 1.03 bits per heavy atom. The van der Waals surface area contributed by atoms with E-state index in [0.717, 1.165) is 23.2 Å². The van der Waals surface area contributed by atoms with E-state index in [4.69, 9.17) is 4.42 Å². The Labute approximate surface area is 233 Å². The second kappa shape index (κ2) is 11.9. The van der Waals surface area contributed by atoms with Crippen LogP contribution in [0.1, 0.15) is 37.3 Å². The molecule has 0 spiro atoms. The highest BCUT2D eigenvalue weighted by atomic mass is 32.2. The van der Waals surface area contributed by atoms with Gasteiger partial charge in [0.15, 0.2) is 10.9 Å². The van der Waals surface area contributed by atoms with Crippen LogP contribution in [0.4, 0.5) is 0 Å². The number of thioether (sulfide) groups is 1. The van der Waals surface area contributed by atoms with Crippen molar-refractivity contribution in [3.05, 3.63) is 84.1 Å². The number of aromatic nitrogens is 3. The predicted octanol–water partition coefficient (Wildman–Crippen LogP) is 5.18. The topological polar surface area (TPSA) is 84.5 Å². The molecule has 0 radical (unpaired) electrons. The number of hydrogen-bond donors (Lipinski definition) is 0. The van der Waals surface area contributed by atoms with E-state index in [2.05, 4.69) is 10.2 Å². The summed E-state index contributed by atoms with van der Waals surface area (Å²) in [4.78, 5) is 30.5. The first-order chi connectivity index (χ1) is 19.0. The summed E-state index contributed by atoms with van der Waals surface area (Å²) in [5, 5.41) is 9.38. The highest BCUT2D eigenvalue weighted by molar-refractivity contribution is 7.99. The summed E-state index contributed by atoms with van der Waals surface area (Å²) < 4.78 is 7.51. The average Bonchev–Trinajstić information content (AvgIpc) is 3.63. The smallest absolute Gasteiger partial charge is 0.233 e. The van der Waals surface area contributed by atoms with Crippen LogP contribution < -0.4 is 0 Å². The van der Waals surface area contributed by atoms with Gasteiger partial charge in [-0.25, -0.2) is 0 Å². The number of aryl methyl sites for hydroxylation is 1. The Balaban J connectivity index is 1.25. The van der Waals surface area contributed by atoms with E-state index in [1.54, 1.807) is 6.26 Å². The Hall–Kier alpha value is -3.85. The molecule has 8 nitrogen and oxygen atoms in total. The van der Waals surface area contributed by atoms with Crippen LogP contribution in [-0.4, -0.2) is 67.8 Å². The quantitative estimate of drug-likeness (QED) is 0.285. The molecule has 0 aliphatic carbocycles. The zero-order valence-electron chi connectivity index (χ0n) is 22.5. The van der Waals surface area contributed by atoms with Crippen LogP contribution >= 0.6 is 11.8 Å². The average molecular weight is 544 g/mol. The van der Waals surface area contributed by atoms with Crippen molar-refractivity contribution >= 4 is 23.6 Å². The van der Waals surface area contributed by atoms with E-state index in [1.807, 2.05) is 102 Å². The lowest BCUT2D eigenvalue weighted by atomic mass is 9.94. The molecular weight excluding hydrogens is 510 g/mol. The first-order valence-electron chi connectivity index (χ1n) is 13.3. The molecule has 5 rings (SSSR count). The predicted molar refractivity (Wildman–Crippen MR) is 152 cm³/mol. The van der Waals surface area contributed by atoms with E-state index < -0.39 is 0 Å². The summed E-state index contributed by atoms with van der Waals surface area (Å²) in [5.74, 6) is 1.41. The molecule has 2 aromatic heterocycles. The van der Waals surface area contributed by atoms with Crippen LogP contribution in [0.2, 0.25) is 0 Å². The van der Waals surface area contributed by atoms with Gasteiger partial charge in [-0.15, -0.1) is 10.2 Å². The molecule has 202 valence electrons. The van der Waals surface area contributed by atoms with Crippen LogP contribution in [0.5, 0.6) is 0 Å².